The van der Waals surface area contributed by atoms with Crippen molar-refractivity contribution >= 4 is 45.7 Å². The first-order chi connectivity index (χ1) is 10.5. The number of amides is 1. The molecule has 23 heavy (non-hydrogen) atoms. The van der Waals surface area contributed by atoms with Gasteiger partial charge in [-0.1, -0.05) is 0 Å². The second-order valence-electron chi connectivity index (χ2n) is 5.85. The Labute approximate surface area is 155 Å². The molecule has 0 aromatic rings. The van der Waals surface area contributed by atoms with Crippen molar-refractivity contribution in [2.24, 2.45) is 4.99 Å². The summed E-state index contributed by atoms with van der Waals surface area (Å²) in [5, 5.41) is 6.04. The van der Waals surface area contributed by atoms with Crippen LogP contribution in [-0.4, -0.2) is 68.9 Å². The number of guanidine groups is 1. The number of rotatable bonds is 5. The number of nitrogens with zero attached hydrogens (tertiary/aromatic N) is 2. The maximum Gasteiger partial charge on any atom is 0.222 e. The summed E-state index contributed by atoms with van der Waals surface area (Å²) in [5.41, 5.74) is 0. The van der Waals surface area contributed by atoms with Gasteiger partial charge in [0.15, 0.2) is 15.8 Å². The Morgan fingerprint density at radius 1 is 1.30 bits per heavy atom. The third kappa shape index (κ3) is 6.82. The molecule has 2 N–H and O–H groups in total. The molecule has 7 nitrogen and oxygen atoms in total. The first-order valence-electron chi connectivity index (χ1n) is 8.03. The Balaban J connectivity index is 0.00000264. The standard InChI is InChI=1S/C14H26N4O3S.HI/c1-2-15-14(18-8-3-4-9-18)16-7-5-13(19)17-12-6-10-22(20,21)11-12;/h12H,2-11H2,1H3,(H,15,16)(H,17,19);1H. The second kappa shape index (κ2) is 9.65. The Morgan fingerprint density at radius 3 is 2.57 bits per heavy atom. The van der Waals surface area contributed by atoms with Gasteiger partial charge in [-0.05, 0) is 26.2 Å². The number of carbonyl (C=O) groups excluding carboxylic acids is 1. The van der Waals surface area contributed by atoms with Crippen LogP contribution in [0.5, 0.6) is 0 Å². The number of halogens is 1. The summed E-state index contributed by atoms with van der Waals surface area (Å²) in [6.45, 7) is 5.28. The molecule has 2 aliphatic rings. The zero-order valence-electron chi connectivity index (χ0n) is 13.6. The normalized spacial score (nSPS) is 23.4. The van der Waals surface area contributed by atoms with Crippen LogP contribution in [0.4, 0.5) is 0 Å². The zero-order chi connectivity index (χ0) is 16.0. The monoisotopic (exact) mass is 458 g/mol. The van der Waals surface area contributed by atoms with Gasteiger partial charge in [0.25, 0.3) is 0 Å². The summed E-state index contributed by atoms with van der Waals surface area (Å²) in [5.74, 6) is 0.994. The van der Waals surface area contributed by atoms with Crippen LogP contribution in [-0.2, 0) is 14.6 Å². The van der Waals surface area contributed by atoms with E-state index in [-0.39, 0.29) is 47.4 Å². The summed E-state index contributed by atoms with van der Waals surface area (Å²) in [7, 11) is -2.95. The van der Waals surface area contributed by atoms with E-state index in [2.05, 4.69) is 20.5 Å². The molecular weight excluding hydrogens is 431 g/mol. The zero-order valence-corrected chi connectivity index (χ0v) is 16.7. The molecule has 9 heteroatoms. The number of likely N-dealkylation sites (tertiary alicyclic amines) is 1. The van der Waals surface area contributed by atoms with E-state index in [1.165, 1.54) is 12.8 Å². The molecule has 0 radical (unpaired) electrons. The predicted molar refractivity (Wildman–Crippen MR) is 102 cm³/mol. The van der Waals surface area contributed by atoms with Crippen molar-refractivity contribution in [1.29, 1.82) is 0 Å². The van der Waals surface area contributed by atoms with Crippen LogP contribution in [0.2, 0.25) is 0 Å². The van der Waals surface area contributed by atoms with Crippen molar-refractivity contribution in [2.75, 3.05) is 37.7 Å². The van der Waals surface area contributed by atoms with Gasteiger partial charge >= 0.3 is 0 Å². The summed E-state index contributed by atoms with van der Waals surface area (Å²) in [6.07, 6.45) is 3.18. The van der Waals surface area contributed by atoms with E-state index in [4.69, 9.17) is 0 Å². The highest BCUT2D eigenvalue weighted by Gasteiger charge is 2.28. The van der Waals surface area contributed by atoms with E-state index in [9.17, 15) is 13.2 Å². The van der Waals surface area contributed by atoms with Gasteiger partial charge in [0, 0.05) is 32.1 Å². The fourth-order valence-electron chi connectivity index (χ4n) is 2.83. The van der Waals surface area contributed by atoms with Crippen molar-refractivity contribution < 1.29 is 13.2 Å². The van der Waals surface area contributed by atoms with E-state index in [0.717, 1.165) is 25.6 Å². The molecule has 0 bridgehead atoms. The van der Waals surface area contributed by atoms with E-state index in [1.54, 1.807) is 0 Å². The molecule has 0 spiro atoms. The summed E-state index contributed by atoms with van der Waals surface area (Å²) in [4.78, 5) is 18.6. The molecule has 1 unspecified atom stereocenters. The molecule has 0 saturated carbocycles. The highest BCUT2D eigenvalue weighted by atomic mass is 127. The van der Waals surface area contributed by atoms with Gasteiger partial charge in [-0.2, -0.15) is 0 Å². The average molecular weight is 458 g/mol. The van der Waals surface area contributed by atoms with Crippen molar-refractivity contribution in [3.8, 4) is 0 Å². The van der Waals surface area contributed by atoms with Crippen LogP contribution in [0, 0.1) is 0 Å². The second-order valence-corrected chi connectivity index (χ2v) is 8.08. The lowest BCUT2D eigenvalue weighted by atomic mass is 10.2. The van der Waals surface area contributed by atoms with Crippen LogP contribution in [0.15, 0.2) is 4.99 Å². The molecule has 2 aliphatic heterocycles. The van der Waals surface area contributed by atoms with Gasteiger partial charge in [-0.25, -0.2) is 8.42 Å². The molecule has 134 valence electrons. The van der Waals surface area contributed by atoms with Crippen LogP contribution in [0.3, 0.4) is 0 Å². The summed E-state index contributed by atoms with van der Waals surface area (Å²) < 4.78 is 22.7. The van der Waals surface area contributed by atoms with Crippen molar-refractivity contribution in [3.63, 3.8) is 0 Å². The van der Waals surface area contributed by atoms with Gasteiger partial charge in [-0.3, -0.25) is 9.79 Å². The van der Waals surface area contributed by atoms with E-state index < -0.39 is 9.84 Å². The minimum Gasteiger partial charge on any atom is -0.357 e. The molecule has 2 heterocycles. The van der Waals surface area contributed by atoms with E-state index in [1.807, 2.05) is 6.92 Å². The number of aliphatic imine (C=N–C) groups is 1. The lowest BCUT2D eigenvalue weighted by molar-refractivity contribution is -0.121. The number of hydrogen-bond acceptors (Lipinski definition) is 4. The lowest BCUT2D eigenvalue weighted by Crippen LogP contribution is -2.40. The summed E-state index contributed by atoms with van der Waals surface area (Å²) in [6, 6.07) is -0.228. The topological polar surface area (TPSA) is 90.9 Å². The molecule has 1 atom stereocenters. The maximum atomic E-state index is 11.9. The van der Waals surface area contributed by atoms with Crippen molar-refractivity contribution in [2.45, 2.75) is 38.6 Å². The lowest BCUT2D eigenvalue weighted by Gasteiger charge is -2.20. The maximum absolute atomic E-state index is 11.9. The van der Waals surface area contributed by atoms with Gasteiger partial charge in [0.1, 0.15) is 0 Å². The van der Waals surface area contributed by atoms with Gasteiger partial charge < -0.3 is 15.5 Å². The quantitative estimate of drug-likeness (QED) is 0.353. The van der Waals surface area contributed by atoms with Crippen LogP contribution in [0.25, 0.3) is 0 Å². The van der Waals surface area contributed by atoms with Crippen LogP contribution < -0.4 is 10.6 Å². The smallest absolute Gasteiger partial charge is 0.222 e. The molecule has 2 rings (SSSR count). The van der Waals surface area contributed by atoms with Gasteiger partial charge in [0.05, 0.1) is 18.1 Å². The minimum absolute atomic E-state index is 0. The first-order valence-corrected chi connectivity index (χ1v) is 9.85. The summed E-state index contributed by atoms with van der Waals surface area (Å²) >= 11 is 0. The molecule has 2 fully saturated rings. The average Bonchev–Trinajstić information content (AvgIpc) is 3.07. The van der Waals surface area contributed by atoms with Crippen molar-refractivity contribution in [1.82, 2.24) is 15.5 Å². The number of carbonyl (C=O) groups is 1. The predicted octanol–water partition coefficient (Wildman–Crippen LogP) is 0.359. The third-order valence-corrected chi connectivity index (χ3v) is 5.71. The molecule has 0 aromatic heterocycles. The van der Waals surface area contributed by atoms with E-state index in [0.29, 0.717) is 19.4 Å². The molecule has 0 aliphatic carbocycles. The third-order valence-electron chi connectivity index (χ3n) is 3.94. The fourth-order valence-corrected chi connectivity index (χ4v) is 4.50. The Morgan fingerprint density at radius 2 is 2.00 bits per heavy atom. The molecular formula is C14H27IN4O3S. The van der Waals surface area contributed by atoms with E-state index >= 15 is 0 Å². The Hall–Kier alpha value is -0.580. The number of sulfone groups is 1. The van der Waals surface area contributed by atoms with Gasteiger partial charge in [-0.15, -0.1) is 24.0 Å². The largest absolute Gasteiger partial charge is 0.357 e. The highest BCUT2D eigenvalue weighted by Crippen LogP contribution is 2.11. The number of nitrogens with one attached hydrogen (secondary N) is 2. The van der Waals surface area contributed by atoms with Crippen molar-refractivity contribution in [3.05, 3.63) is 0 Å². The number of hydrogen-bond donors (Lipinski definition) is 2. The molecule has 2 saturated heterocycles. The van der Waals surface area contributed by atoms with Crippen LogP contribution >= 0.6 is 24.0 Å². The molecule has 1 amide bonds. The fraction of sp³-hybridized carbons (Fsp3) is 0.857. The first kappa shape index (κ1) is 20.5. The SMILES string of the molecule is CCNC(=NCCC(=O)NC1CCS(=O)(=O)C1)N1CCCC1.I. The minimum atomic E-state index is -2.95. The molecule has 0 aromatic carbocycles. The van der Waals surface area contributed by atoms with Crippen LogP contribution in [0.1, 0.15) is 32.6 Å². The van der Waals surface area contributed by atoms with Gasteiger partial charge in [0.2, 0.25) is 5.91 Å². The highest BCUT2D eigenvalue weighted by molar-refractivity contribution is 14.0. The Bertz CT molecular complexity index is 518. The Kier molecular flexibility index (Phi) is 8.59.